The van der Waals surface area contributed by atoms with Crippen LogP contribution in [0.5, 0.6) is 11.6 Å². The second kappa shape index (κ2) is 11.2. The number of benzene rings is 2. The summed E-state index contributed by atoms with van der Waals surface area (Å²) in [6, 6.07) is 9.41. The van der Waals surface area contributed by atoms with Crippen LogP contribution in [0.15, 0.2) is 24.3 Å². The van der Waals surface area contributed by atoms with Gasteiger partial charge in [0.25, 0.3) is 0 Å². The van der Waals surface area contributed by atoms with Crippen LogP contribution in [0.4, 0.5) is 0 Å². The molecule has 3 rings (SSSR count). The Kier molecular flexibility index (Phi) is 8.82. The molecule has 200 valence electrons. The summed E-state index contributed by atoms with van der Waals surface area (Å²) in [7, 11) is -2.71. The Morgan fingerprint density at radius 2 is 1.43 bits per heavy atom. The molecule has 0 amide bonds. The lowest BCUT2D eigenvalue weighted by molar-refractivity contribution is 0.0697. The molecule has 1 heterocycles. The number of ether oxygens (including phenoxy) is 2. The van der Waals surface area contributed by atoms with Gasteiger partial charge >= 0.3 is 5.97 Å². The van der Waals surface area contributed by atoms with Crippen LogP contribution in [0.3, 0.4) is 0 Å². The first kappa shape index (κ1) is 29.2. The summed E-state index contributed by atoms with van der Waals surface area (Å²) in [6.07, 6.45) is 0. The maximum absolute atomic E-state index is 11.9. The summed E-state index contributed by atoms with van der Waals surface area (Å²) in [5.74, 6) is 0.0163. The van der Waals surface area contributed by atoms with Gasteiger partial charge in [0.15, 0.2) is 0 Å². The highest BCUT2D eigenvalue weighted by Gasteiger charge is 2.24. The maximum atomic E-state index is 11.9. The van der Waals surface area contributed by atoms with Crippen LogP contribution in [-0.4, -0.2) is 45.4 Å². The molecular formula is C29H40ClNO4Si2. The van der Waals surface area contributed by atoms with E-state index < -0.39 is 22.1 Å². The largest absolute Gasteiger partial charge is 0.492 e. The SMILES string of the molecule is Cc1cc(-c2c(OCC[Si](C)(C)C)nc3cc(Cl)c(C(=O)O)cc3c2OCC[Si](C)(C)C)cc(C)c1C. The molecular weight excluding hydrogens is 518 g/mol. The third-order valence-corrected chi connectivity index (χ3v) is 10.3. The number of carboxylic acid groups (broad SMARTS) is 1. The van der Waals surface area contributed by atoms with Gasteiger partial charge in [0.2, 0.25) is 5.88 Å². The van der Waals surface area contributed by atoms with Gasteiger partial charge in [0.1, 0.15) is 5.75 Å². The van der Waals surface area contributed by atoms with Crippen LogP contribution >= 0.6 is 11.6 Å². The van der Waals surface area contributed by atoms with Crippen LogP contribution in [0.25, 0.3) is 22.0 Å². The topological polar surface area (TPSA) is 68.7 Å². The van der Waals surface area contributed by atoms with Gasteiger partial charge in [0.05, 0.1) is 34.9 Å². The summed E-state index contributed by atoms with van der Waals surface area (Å²) in [6.45, 7) is 21.3. The number of aryl methyl sites for hydroxylation is 2. The number of fused-ring (bicyclic) bond motifs is 1. The molecule has 1 N–H and O–H groups in total. The number of rotatable bonds is 10. The highest BCUT2D eigenvalue weighted by Crippen LogP contribution is 2.44. The van der Waals surface area contributed by atoms with E-state index in [-0.39, 0.29) is 10.6 Å². The summed E-state index contributed by atoms with van der Waals surface area (Å²) in [5.41, 5.74) is 5.87. The number of pyridine rings is 1. The summed E-state index contributed by atoms with van der Waals surface area (Å²) < 4.78 is 12.9. The molecule has 0 aliphatic heterocycles. The molecule has 2 aromatic carbocycles. The van der Waals surface area contributed by atoms with Crippen LogP contribution in [0, 0.1) is 20.8 Å². The zero-order chi connectivity index (χ0) is 27.7. The lowest BCUT2D eigenvalue weighted by Gasteiger charge is -2.22. The van der Waals surface area contributed by atoms with E-state index in [1.165, 1.54) is 16.7 Å². The molecule has 8 heteroatoms. The molecule has 0 saturated heterocycles. The first-order valence-electron chi connectivity index (χ1n) is 12.8. The third kappa shape index (κ3) is 7.36. The number of hydrogen-bond donors (Lipinski definition) is 1. The van der Waals surface area contributed by atoms with Crippen molar-refractivity contribution in [1.82, 2.24) is 4.98 Å². The third-order valence-electron chi connectivity index (χ3n) is 6.63. The van der Waals surface area contributed by atoms with Crippen LogP contribution in [0.2, 0.25) is 56.4 Å². The second-order valence-electron chi connectivity index (χ2n) is 12.3. The van der Waals surface area contributed by atoms with Crippen molar-refractivity contribution in [2.24, 2.45) is 0 Å². The number of carbonyl (C=O) groups is 1. The average molecular weight is 558 g/mol. The van der Waals surface area contributed by atoms with Gasteiger partial charge in [0, 0.05) is 21.5 Å². The highest BCUT2D eigenvalue weighted by atomic mass is 35.5. The minimum atomic E-state index is -1.38. The van der Waals surface area contributed by atoms with Gasteiger partial charge in [-0.1, -0.05) is 63.0 Å². The van der Waals surface area contributed by atoms with Crippen molar-refractivity contribution in [2.45, 2.75) is 72.1 Å². The van der Waals surface area contributed by atoms with Crippen LogP contribution in [0.1, 0.15) is 27.0 Å². The molecule has 5 nitrogen and oxygen atoms in total. The fourth-order valence-electron chi connectivity index (χ4n) is 4.00. The number of carboxylic acids is 1. The number of nitrogens with zero attached hydrogens (tertiary/aromatic N) is 1. The predicted molar refractivity (Wildman–Crippen MR) is 161 cm³/mol. The van der Waals surface area contributed by atoms with Gasteiger partial charge in [-0.3, -0.25) is 0 Å². The van der Waals surface area contributed by atoms with Gasteiger partial charge in [-0.25, -0.2) is 9.78 Å². The smallest absolute Gasteiger partial charge is 0.337 e. The van der Waals surface area contributed by atoms with E-state index >= 15 is 0 Å². The van der Waals surface area contributed by atoms with E-state index in [0.29, 0.717) is 35.7 Å². The molecule has 0 unspecified atom stereocenters. The Balaban J connectivity index is 2.33. The minimum Gasteiger partial charge on any atom is -0.492 e. The quantitative estimate of drug-likeness (QED) is 0.253. The van der Waals surface area contributed by atoms with Crippen molar-refractivity contribution in [2.75, 3.05) is 13.2 Å². The van der Waals surface area contributed by atoms with Gasteiger partial charge in [-0.05, 0) is 67.2 Å². The van der Waals surface area contributed by atoms with E-state index in [1.807, 2.05) is 0 Å². The fourth-order valence-corrected chi connectivity index (χ4v) is 5.67. The number of aromatic carboxylic acids is 1. The Bertz CT molecular complexity index is 1300. The lowest BCUT2D eigenvalue weighted by atomic mass is 9.95. The van der Waals surface area contributed by atoms with Gasteiger partial charge in [-0.15, -0.1) is 0 Å². The maximum Gasteiger partial charge on any atom is 0.337 e. The van der Waals surface area contributed by atoms with Crippen molar-refractivity contribution >= 4 is 44.6 Å². The van der Waals surface area contributed by atoms with Crippen molar-refractivity contribution in [3.05, 3.63) is 51.5 Å². The molecule has 0 fully saturated rings. The highest BCUT2D eigenvalue weighted by molar-refractivity contribution is 6.76. The van der Waals surface area contributed by atoms with Gasteiger partial charge < -0.3 is 14.6 Å². The van der Waals surface area contributed by atoms with Crippen molar-refractivity contribution in [3.63, 3.8) is 0 Å². The molecule has 3 aromatic rings. The number of halogens is 1. The van der Waals surface area contributed by atoms with Crippen molar-refractivity contribution < 1.29 is 19.4 Å². The molecule has 0 aliphatic rings. The van der Waals surface area contributed by atoms with E-state index in [9.17, 15) is 9.90 Å². The molecule has 37 heavy (non-hydrogen) atoms. The predicted octanol–water partition coefficient (Wildman–Crippen LogP) is 8.61. The normalized spacial score (nSPS) is 12.2. The minimum absolute atomic E-state index is 0.0284. The summed E-state index contributed by atoms with van der Waals surface area (Å²) in [4.78, 5) is 16.8. The first-order valence-corrected chi connectivity index (χ1v) is 20.6. The molecule has 0 aliphatic carbocycles. The van der Waals surface area contributed by atoms with E-state index in [4.69, 9.17) is 26.1 Å². The zero-order valence-corrected chi connectivity index (χ0v) is 26.4. The van der Waals surface area contributed by atoms with Crippen LogP contribution in [-0.2, 0) is 0 Å². The molecule has 0 spiro atoms. The first-order chi connectivity index (χ1) is 17.1. The zero-order valence-electron chi connectivity index (χ0n) is 23.6. The van der Waals surface area contributed by atoms with Crippen LogP contribution < -0.4 is 9.47 Å². The summed E-state index contributed by atoms with van der Waals surface area (Å²) in [5, 5.41) is 10.5. The average Bonchev–Trinajstić information content (AvgIpc) is 2.74. The Hall–Kier alpha value is -2.36. The van der Waals surface area contributed by atoms with E-state index in [0.717, 1.165) is 23.2 Å². The Labute approximate surface area is 228 Å². The molecule has 0 saturated carbocycles. The van der Waals surface area contributed by atoms with Gasteiger partial charge in [-0.2, -0.15) is 0 Å². The Morgan fingerprint density at radius 3 is 1.95 bits per heavy atom. The monoisotopic (exact) mass is 557 g/mol. The summed E-state index contributed by atoms with van der Waals surface area (Å²) >= 11 is 6.36. The fraction of sp³-hybridized carbons (Fsp3) is 0.448. The standard InChI is InChI=1S/C29H40ClNO4Si2/c1-18-14-21(15-19(2)20(18)3)26-27(34-10-12-36(4,5)6)23-16-22(29(32)33)24(30)17-25(23)31-28(26)35-11-13-37(7,8)9/h14-17H,10-13H2,1-9H3,(H,32,33). The second-order valence-corrected chi connectivity index (χ2v) is 24.0. The van der Waals surface area contributed by atoms with Crippen molar-refractivity contribution in [3.8, 4) is 22.8 Å². The molecule has 1 aromatic heterocycles. The number of aromatic nitrogens is 1. The Morgan fingerprint density at radius 1 is 0.892 bits per heavy atom. The van der Waals surface area contributed by atoms with E-state index in [2.05, 4.69) is 72.2 Å². The van der Waals surface area contributed by atoms with Crippen molar-refractivity contribution in [1.29, 1.82) is 0 Å². The lowest BCUT2D eigenvalue weighted by Crippen LogP contribution is -2.23. The van der Waals surface area contributed by atoms with E-state index in [1.54, 1.807) is 12.1 Å². The molecule has 0 radical (unpaired) electrons. The number of hydrogen-bond acceptors (Lipinski definition) is 4. The molecule has 0 bridgehead atoms. The molecule has 0 atom stereocenters.